The lowest BCUT2D eigenvalue weighted by atomic mass is 9.97. The lowest BCUT2D eigenvalue weighted by Gasteiger charge is -2.25. The zero-order valence-corrected chi connectivity index (χ0v) is 18.5. The number of hydrogen-bond acceptors (Lipinski definition) is 10. The normalized spacial score (nSPS) is 24.4. The van der Waals surface area contributed by atoms with Gasteiger partial charge >= 0.3 is 11.9 Å². The first-order chi connectivity index (χ1) is 14.3. The summed E-state index contributed by atoms with van der Waals surface area (Å²) in [4.78, 5) is 37.0. The molecule has 0 unspecified atom stereocenters. The topological polar surface area (TPSA) is 152 Å². The van der Waals surface area contributed by atoms with Crippen molar-refractivity contribution in [2.75, 3.05) is 12.3 Å². The van der Waals surface area contributed by atoms with Gasteiger partial charge in [0.25, 0.3) is 0 Å². The Labute approximate surface area is 179 Å². The number of aliphatic hydroxyl groups excluding tert-OH is 1. The smallest absolute Gasteiger partial charge is 0.311 e. The summed E-state index contributed by atoms with van der Waals surface area (Å²) in [6.45, 7) is 10.1. The van der Waals surface area contributed by atoms with Crippen LogP contribution in [-0.4, -0.2) is 61.5 Å². The number of nitrogens with zero attached hydrogens (tertiary/aromatic N) is 4. The first kappa shape index (κ1) is 22.9. The summed E-state index contributed by atoms with van der Waals surface area (Å²) in [7, 11) is 0. The van der Waals surface area contributed by atoms with Gasteiger partial charge in [-0.15, -0.1) is 0 Å². The fraction of sp³-hybridized carbons (Fsp3) is 0.650. The van der Waals surface area contributed by atoms with Crippen LogP contribution < -0.4 is 5.73 Å². The number of carbonyl (C=O) groups is 2. The molecule has 4 atom stereocenters. The zero-order chi connectivity index (χ0) is 23.1. The highest BCUT2D eigenvalue weighted by Gasteiger charge is 2.49. The van der Waals surface area contributed by atoms with Crippen molar-refractivity contribution in [1.29, 1.82) is 0 Å². The summed E-state index contributed by atoms with van der Waals surface area (Å²) in [6.07, 6.45) is -1.53. The summed E-state index contributed by atoms with van der Waals surface area (Å²) >= 11 is 0. The molecule has 170 valence electrons. The van der Waals surface area contributed by atoms with E-state index >= 15 is 0 Å². The summed E-state index contributed by atoms with van der Waals surface area (Å²) in [5.74, 6) is -0.777. The van der Waals surface area contributed by atoms with Crippen LogP contribution in [0.5, 0.6) is 0 Å². The lowest BCUT2D eigenvalue weighted by molar-refractivity contribution is -0.169. The Hall–Kier alpha value is -2.79. The van der Waals surface area contributed by atoms with Gasteiger partial charge in [-0.25, -0.2) is 15.0 Å². The van der Waals surface area contributed by atoms with Gasteiger partial charge in [0.15, 0.2) is 23.8 Å². The molecule has 11 heteroatoms. The Morgan fingerprint density at radius 1 is 1.13 bits per heavy atom. The SMILES string of the molecule is CC(C)(C)C(=O)OC[C@H]1O[C@@H](n2cnc3c(N)ncnc32)[C@@H](O)[C@@H]1OC(=O)C(C)(C)C. The average molecular weight is 435 g/mol. The minimum Gasteiger partial charge on any atom is -0.462 e. The monoisotopic (exact) mass is 435 g/mol. The van der Waals surface area contributed by atoms with Gasteiger partial charge in [0, 0.05) is 0 Å². The maximum absolute atomic E-state index is 12.5. The largest absolute Gasteiger partial charge is 0.462 e. The van der Waals surface area contributed by atoms with E-state index in [0.29, 0.717) is 11.2 Å². The third kappa shape index (κ3) is 4.62. The van der Waals surface area contributed by atoms with E-state index in [4.69, 9.17) is 19.9 Å². The first-order valence-electron chi connectivity index (χ1n) is 9.95. The highest BCUT2D eigenvalue weighted by atomic mass is 16.6. The molecule has 11 nitrogen and oxygen atoms in total. The Bertz CT molecular complexity index is 977. The maximum Gasteiger partial charge on any atom is 0.311 e. The van der Waals surface area contributed by atoms with Crippen molar-refractivity contribution < 1.29 is 28.9 Å². The molecule has 0 amide bonds. The third-order valence-corrected chi connectivity index (χ3v) is 4.82. The van der Waals surface area contributed by atoms with Crippen molar-refractivity contribution in [3.8, 4) is 0 Å². The molecule has 2 aromatic heterocycles. The predicted octanol–water partition coefficient (Wildman–Crippen LogP) is 1.21. The van der Waals surface area contributed by atoms with Crippen LogP contribution in [0.1, 0.15) is 47.8 Å². The molecule has 3 rings (SSSR count). The molecular weight excluding hydrogens is 406 g/mol. The lowest BCUT2D eigenvalue weighted by Crippen LogP contribution is -2.41. The van der Waals surface area contributed by atoms with E-state index in [1.165, 1.54) is 17.2 Å². The number of anilines is 1. The number of nitrogen functional groups attached to an aromatic ring is 1. The van der Waals surface area contributed by atoms with E-state index in [-0.39, 0.29) is 12.4 Å². The van der Waals surface area contributed by atoms with Crippen LogP contribution in [-0.2, 0) is 23.8 Å². The highest BCUT2D eigenvalue weighted by Crippen LogP contribution is 2.35. The molecule has 0 radical (unpaired) electrons. The second-order valence-electron chi connectivity index (χ2n) is 9.61. The van der Waals surface area contributed by atoms with E-state index in [1.54, 1.807) is 41.5 Å². The van der Waals surface area contributed by atoms with Crippen molar-refractivity contribution in [2.24, 2.45) is 10.8 Å². The van der Waals surface area contributed by atoms with E-state index in [0.717, 1.165) is 0 Å². The van der Waals surface area contributed by atoms with Crippen molar-refractivity contribution >= 4 is 28.9 Å². The predicted molar refractivity (Wildman–Crippen MR) is 109 cm³/mol. The molecule has 1 fully saturated rings. The number of rotatable bonds is 4. The van der Waals surface area contributed by atoms with Crippen molar-refractivity contribution in [3.05, 3.63) is 12.7 Å². The molecule has 3 N–H and O–H groups in total. The summed E-state index contributed by atoms with van der Waals surface area (Å²) in [5, 5.41) is 11.0. The molecule has 1 saturated heterocycles. The minimum absolute atomic E-state index is 0.183. The molecule has 31 heavy (non-hydrogen) atoms. The fourth-order valence-corrected chi connectivity index (χ4v) is 2.96. The van der Waals surface area contributed by atoms with Crippen molar-refractivity contribution in [3.63, 3.8) is 0 Å². The fourth-order valence-electron chi connectivity index (χ4n) is 2.96. The Morgan fingerprint density at radius 2 is 1.77 bits per heavy atom. The minimum atomic E-state index is -1.27. The maximum atomic E-state index is 12.5. The number of fused-ring (bicyclic) bond motifs is 1. The summed E-state index contributed by atoms with van der Waals surface area (Å²) in [6, 6.07) is 0. The van der Waals surface area contributed by atoms with Crippen molar-refractivity contribution in [1.82, 2.24) is 19.5 Å². The van der Waals surface area contributed by atoms with E-state index < -0.39 is 47.3 Å². The van der Waals surface area contributed by atoms with E-state index in [2.05, 4.69) is 15.0 Å². The quantitative estimate of drug-likeness (QED) is 0.670. The second kappa shape index (κ2) is 8.04. The number of aliphatic hydroxyl groups is 1. The molecule has 1 aliphatic rings. The first-order valence-corrected chi connectivity index (χ1v) is 9.95. The summed E-state index contributed by atoms with van der Waals surface area (Å²) < 4.78 is 18.4. The van der Waals surface area contributed by atoms with Crippen LogP contribution >= 0.6 is 0 Å². The van der Waals surface area contributed by atoms with Crippen LogP contribution in [0.2, 0.25) is 0 Å². The number of ether oxygens (including phenoxy) is 3. The van der Waals surface area contributed by atoms with Crippen LogP contribution in [0.4, 0.5) is 5.82 Å². The number of hydrogen-bond donors (Lipinski definition) is 2. The molecule has 2 aromatic rings. The number of imidazole rings is 1. The molecule has 0 aromatic carbocycles. The molecule has 3 heterocycles. The van der Waals surface area contributed by atoms with Gasteiger partial charge in [-0.2, -0.15) is 0 Å². The zero-order valence-electron chi connectivity index (χ0n) is 18.5. The van der Waals surface area contributed by atoms with Gasteiger partial charge in [0.2, 0.25) is 0 Å². The van der Waals surface area contributed by atoms with Crippen LogP contribution in [0.15, 0.2) is 12.7 Å². The average Bonchev–Trinajstić information content (AvgIpc) is 3.21. The Kier molecular flexibility index (Phi) is 5.94. The highest BCUT2D eigenvalue weighted by molar-refractivity contribution is 5.81. The van der Waals surface area contributed by atoms with Gasteiger partial charge in [0.1, 0.15) is 30.7 Å². The molecular formula is C20H29N5O6. The molecule has 0 spiro atoms. The number of esters is 2. The van der Waals surface area contributed by atoms with E-state index in [9.17, 15) is 14.7 Å². The number of aromatic nitrogens is 4. The number of nitrogens with two attached hydrogens (primary N) is 1. The Morgan fingerprint density at radius 3 is 2.39 bits per heavy atom. The molecule has 0 aliphatic carbocycles. The summed E-state index contributed by atoms with van der Waals surface area (Å²) in [5.41, 5.74) is 5.02. The van der Waals surface area contributed by atoms with Gasteiger partial charge in [0.05, 0.1) is 17.2 Å². The molecule has 0 saturated carbocycles. The second-order valence-corrected chi connectivity index (χ2v) is 9.61. The van der Waals surface area contributed by atoms with Crippen LogP contribution in [0.3, 0.4) is 0 Å². The van der Waals surface area contributed by atoms with Gasteiger partial charge in [-0.1, -0.05) is 0 Å². The van der Waals surface area contributed by atoms with Crippen LogP contribution in [0, 0.1) is 10.8 Å². The van der Waals surface area contributed by atoms with E-state index in [1.807, 2.05) is 0 Å². The van der Waals surface area contributed by atoms with Gasteiger partial charge in [-0.05, 0) is 41.5 Å². The van der Waals surface area contributed by atoms with Gasteiger partial charge in [-0.3, -0.25) is 14.2 Å². The van der Waals surface area contributed by atoms with Crippen molar-refractivity contribution in [2.45, 2.75) is 66.1 Å². The standard InChI is InChI=1S/C20H29N5O6/c1-19(2,3)17(27)29-7-10-13(31-18(28)20(4,5)6)12(26)16(30-10)25-9-24-11-14(21)22-8-23-15(11)25/h8-10,12-13,16,26H,7H2,1-6H3,(H2,21,22,23)/t10-,12+,13-,16-/m1/s1. The van der Waals surface area contributed by atoms with Crippen LogP contribution in [0.25, 0.3) is 11.2 Å². The molecule has 1 aliphatic heterocycles. The van der Waals surface area contributed by atoms with Gasteiger partial charge < -0.3 is 25.1 Å². The number of carbonyl (C=O) groups excluding carboxylic acids is 2. The Balaban J connectivity index is 1.89. The third-order valence-electron chi connectivity index (χ3n) is 4.82. The molecule has 0 bridgehead atoms.